The van der Waals surface area contributed by atoms with Crippen molar-refractivity contribution in [1.29, 1.82) is 0 Å². The molecule has 0 aromatic rings. The van der Waals surface area contributed by atoms with E-state index in [0.29, 0.717) is 0 Å². The van der Waals surface area contributed by atoms with E-state index in [0.717, 1.165) is 0 Å². The zero-order valence-corrected chi connectivity index (χ0v) is 5.53. The molecule has 0 aromatic carbocycles. The fraction of sp³-hybridized carbons (Fsp3) is 0. The summed E-state index contributed by atoms with van der Waals surface area (Å²) in [6.07, 6.45) is 0. The van der Waals surface area contributed by atoms with Gasteiger partial charge in [-0.2, -0.15) is 0 Å². The summed E-state index contributed by atoms with van der Waals surface area (Å²) in [5.74, 6) is 0. The van der Waals surface area contributed by atoms with E-state index in [-0.39, 0.29) is 24.8 Å². The second-order valence-electron chi connectivity index (χ2n) is 0.109. The predicted octanol–water partition coefficient (Wildman–Crippen LogP) is -5.31. The smallest absolute Gasteiger partial charge is 1.00 e. The van der Waals surface area contributed by atoms with Crippen molar-refractivity contribution in [2.24, 2.45) is 0 Å². The van der Waals surface area contributed by atoms with E-state index in [1.54, 1.807) is 0.834 Å². The van der Waals surface area contributed by atoms with E-state index in [9.17, 15) is 0 Å². The third kappa shape index (κ3) is 25.4. The van der Waals surface area contributed by atoms with Crippen molar-refractivity contribution in [3.63, 3.8) is 0 Å². The monoisotopic (exact) mass is 271 g/mol. The number of hydrogen-bond donors (Lipinski definition) is 0. The van der Waals surface area contributed by atoms with E-state index in [4.69, 9.17) is 0 Å². The van der Waals surface area contributed by atoms with Crippen LogP contribution in [0.4, 0.5) is 0 Å². The molecule has 0 saturated heterocycles. The molecule has 0 fully saturated rings. The zero-order valence-electron chi connectivity index (χ0n) is 2.31. The molecule has 0 radical (unpaired) electrons. The fourth-order valence-electron chi connectivity index (χ4n) is 0. The van der Waals surface area contributed by atoms with Crippen molar-refractivity contribution in [1.82, 2.24) is 0 Å². The van der Waals surface area contributed by atoms with Crippen LogP contribution in [0.3, 0.4) is 0 Å². The molecular formula is C2H3Cl2Yb. The summed E-state index contributed by atoms with van der Waals surface area (Å²) >= 11 is 2.65. The average molecular weight is 271 g/mol. The molecule has 0 aromatic heterocycles. The molecule has 3 heteroatoms. The molecule has 0 nitrogen and oxygen atoms in total. The van der Waals surface area contributed by atoms with Gasteiger partial charge in [-0.1, -0.05) is 0 Å². The first-order valence-electron chi connectivity index (χ1n) is 0.563. The zero-order chi connectivity index (χ0) is 2.71. The Balaban J connectivity index is -0.0000000200. The Kier molecular flexibility index (Phi) is 53.7. The molecule has 0 aliphatic heterocycles. The van der Waals surface area contributed by atoms with Crippen LogP contribution in [0.5, 0.6) is 0 Å². The standard InChI is InChI=1S/C2H3.2ClH.Yb/c1-2;;;/h1H,2H2;2*1H;/q;;;+2/p-2. The average Bonchev–Trinajstić information content (AvgIpc) is 0.918. The van der Waals surface area contributed by atoms with Crippen molar-refractivity contribution < 1.29 is 69.5 Å². The van der Waals surface area contributed by atoms with E-state index in [1.165, 1.54) is 0 Å². The van der Waals surface area contributed by atoms with Crippen LogP contribution in [0.1, 0.15) is 0 Å². The van der Waals surface area contributed by atoms with Crippen LogP contribution < -0.4 is 24.8 Å². The van der Waals surface area contributed by atoms with Crippen LogP contribution in [0, 0.1) is 44.6 Å². The molecule has 0 aliphatic rings. The Hall–Kier alpha value is 1.84. The van der Waals surface area contributed by atoms with Gasteiger partial charge in [-0.15, -0.1) is 0 Å². The van der Waals surface area contributed by atoms with E-state index in [2.05, 4.69) is 51.2 Å². The van der Waals surface area contributed by atoms with Gasteiger partial charge in [-0.3, -0.25) is 0 Å². The van der Waals surface area contributed by atoms with Gasteiger partial charge in [0.1, 0.15) is 0 Å². The van der Waals surface area contributed by atoms with Crippen molar-refractivity contribution in [2.45, 2.75) is 0 Å². The summed E-state index contributed by atoms with van der Waals surface area (Å²) in [6.45, 7) is 3.30. The molecule has 0 unspecified atom stereocenters. The molecule has 0 bridgehead atoms. The minimum absolute atomic E-state index is 0. The fourth-order valence-corrected chi connectivity index (χ4v) is 0. The van der Waals surface area contributed by atoms with Crippen molar-refractivity contribution >= 4 is 0 Å². The van der Waals surface area contributed by atoms with Gasteiger partial charge in [0.05, 0.1) is 0 Å². The Morgan fingerprint density at radius 1 is 1.40 bits per heavy atom. The van der Waals surface area contributed by atoms with E-state index >= 15 is 0 Å². The third-order valence-corrected chi connectivity index (χ3v) is 0. The maximum atomic E-state index is 3.30. The van der Waals surface area contributed by atoms with Gasteiger partial charge in [0.25, 0.3) is 0 Å². The summed E-state index contributed by atoms with van der Waals surface area (Å²) in [6, 6.07) is 0. The molecule has 39 valence electrons. The van der Waals surface area contributed by atoms with Crippen LogP contribution in [0.2, 0.25) is 0 Å². The SMILES string of the molecule is C=[CH][Yb+2].[Cl-].[Cl-]. The summed E-state index contributed by atoms with van der Waals surface area (Å²) in [5.41, 5.74) is 0. The Bertz CT molecular complexity index is 15.1. The summed E-state index contributed by atoms with van der Waals surface area (Å²) < 4.78 is 1.61. The minimum atomic E-state index is 0. The molecule has 0 spiro atoms. The van der Waals surface area contributed by atoms with Gasteiger partial charge >= 0.3 is 52.1 Å². The van der Waals surface area contributed by atoms with Gasteiger partial charge < -0.3 is 24.8 Å². The van der Waals surface area contributed by atoms with Gasteiger partial charge in [-0.05, 0) is 0 Å². The molecule has 0 aliphatic carbocycles. The van der Waals surface area contributed by atoms with Gasteiger partial charge in [0.15, 0.2) is 0 Å². The molecule has 0 amide bonds. The quantitative estimate of drug-likeness (QED) is 0.413. The van der Waals surface area contributed by atoms with Crippen LogP contribution in [0.15, 0.2) is 7.41 Å². The molecule has 0 heterocycles. The Morgan fingerprint density at radius 3 is 1.40 bits per heavy atom. The van der Waals surface area contributed by atoms with Crippen LogP contribution >= 0.6 is 0 Å². The van der Waals surface area contributed by atoms with E-state index in [1.807, 2.05) is 0 Å². The molecule has 0 N–H and O–H groups in total. The molecule has 5 heavy (non-hydrogen) atoms. The van der Waals surface area contributed by atoms with Crippen molar-refractivity contribution in [3.8, 4) is 0 Å². The van der Waals surface area contributed by atoms with Crippen LogP contribution in [-0.2, 0) is 0 Å². The minimum Gasteiger partial charge on any atom is -1.00 e. The number of halogens is 2. The van der Waals surface area contributed by atoms with Crippen LogP contribution in [-0.4, -0.2) is 0 Å². The van der Waals surface area contributed by atoms with Gasteiger partial charge in [0.2, 0.25) is 0 Å². The first kappa shape index (κ1) is 15.8. The molecule has 0 atom stereocenters. The van der Waals surface area contributed by atoms with Gasteiger partial charge in [0, 0.05) is 0 Å². The predicted molar refractivity (Wildman–Crippen MR) is 10.2 cm³/mol. The summed E-state index contributed by atoms with van der Waals surface area (Å²) in [4.78, 5) is 0. The number of hydrogen-bond acceptors (Lipinski definition) is 0. The maximum Gasteiger partial charge on any atom is -1.00 e. The largest absolute Gasteiger partial charge is 1.00 e. The summed E-state index contributed by atoms with van der Waals surface area (Å²) in [5, 5.41) is 0. The molecule has 0 saturated carbocycles. The summed E-state index contributed by atoms with van der Waals surface area (Å²) in [7, 11) is 0. The number of rotatable bonds is 0. The second-order valence-corrected chi connectivity index (χ2v) is 0.809. The molecule has 0 rings (SSSR count). The first-order chi connectivity index (χ1) is 1.41. The maximum absolute atomic E-state index is 3.30. The topological polar surface area (TPSA) is 0 Å². The Morgan fingerprint density at radius 2 is 1.40 bits per heavy atom. The van der Waals surface area contributed by atoms with Gasteiger partial charge in [-0.25, -0.2) is 0 Å². The van der Waals surface area contributed by atoms with Crippen molar-refractivity contribution in [2.75, 3.05) is 0 Å². The molecular weight excluding hydrogens is 268 g/mol. The second kappa shape index (κ2) is 17.0. The van der Waals surface area contributed by atoms with Crippen molar-refractivity contribution in [3.05, 3.63) is 7.41 Å². The normalized spacial score (nSPS) is 2.80. The third-order valence-electron chi connectivity index (χ3n) is 0. The van der Waals surface area contributed by atoms with Crippen LogP contribution in [0.25, 0.3) is 0 Å². The first-order valence-corrected chi connectivity index (χ1v) is 1.55. The Labute approximate surface area is 75.4 Å². The van der Waals surface area contributed by atoms with E-state index < -0.39 is 0 Å².